The van der Waals surface area contributed by atoms with Crippen LogP contribution in [0.3, 0.4) is 0 Å². The molecule has 0 aliphatic rings. The third-order valence-corrected chi connectivity index (χ3v) is 4.19. The van der Waals surface area contributed by atoms with Crippen LogP contribution in [0.1, 0.15) is 20.8 Å². The van der Waals surface area contributed by atoms with Crippen molar-refractivity contribution in [1.29, 1.82) is 0 Å². The highest BCUT2D eigenvalue weighted by atomic mass is 32.1. The summed E-state index contributed by atoms with van der Waals surface area (Å²) in [5, 5.41) is 6.81. The van der Waals surface area contributed by atoms with Crippen molar-refractivity contribution in [2.75, 3.05) is 17.7 Å². The summed E-state index contributed by atoms with van der Waals surface area (Å²) < 4.78 is 18.6. The minimum atomic E-state index is -0.559. The van der Waals surface area contributed by atoms with Crippen molar-refractivity contribution in [2.24, 2.45) is 0 Å². The zero-order valence-corrected chi connectivity index (χ0v) is 14.5. The van der Waals surface area contributed by atoms with E-state index < -0.39 is 11.7 Å². The molecule has 2 amide bonds. The minimum Gasteiger partial charge on any atom is -0.497 e. The molecular weight excluding hydrogens is 357 g/mol. The molecule has 26 heavy (non-hydrogen) atoms. The van der Waals surface area contributed by atoms with E-state index in [1.807, 2.05) is 0 Å². The van der Waals surface area contributed by atoms with Gasteiger partial charge in [-0.05, 0) is 36.4 Å². The summed E-state index contributed by atoms with van der Waals surface area (Å²) in [5.74, 6) is -0.814. The van der Waals surface area contributed by atoms with Gasteiger partial charge in [0.25, 0.3) is 11.8 Å². The van der Waals surface area contributed by atoms with E-state index in [-0.39, 0.29) is 22.4 Å². The van der Waals surface area contributed by atoms with E-state index in [2.05, 4.69) is 15.6 Å². The summed E-state index contributed by atoms with van der Waals surface area (Å²) in [6, 6.07) is 12.4. The van der Waals surface area contributed by atoms with Crippen LogP contribution < -0.4 is 15.4 Å². The van der Waals surface area contributed by atoms with Crippen molar-refractivity contribution < 1.29 is 18.7 Å². The number of thiazole rings is 1. The molecule has 0 fully saturated rings. The number of rotatable bonds is 5. The number of nitrogens with one attached hydrogen (secondary N) is 2. The summed E-state index contributed by atoms with van der Waals surface area (Å²) in [5.41, 5.74) is 0.580. The lowest BCUT2D eigenvalue weighted by Gasteiger charge is -2.04. The number of aromatic nitrogens is 1. The van der Waals surface area contributed by atoms with Crippen LogP contribution in [0.2, 0.25) is 0 Å². The van der Waals surface area contributed by atoms with Crippen molar-refractivity contribution in [1.82, 2.24) is 4.98 Å². The maximum absolute atomic E-state index is 13.6. The first-order chi connectivity index (χ1) is 12.6. The number of hydrogen-bond acceptors (Lipinski definition) is 5. The SMILES string of the molecule is COc1ccc(C(=O)Nc2nc(C(=O)Nc3ccccc3F)cs2)cc1. The molecule has 3 aromatic rings. The van der Waals surface area contributed by atoms with E-state index in [0.29, 0.717) is 11.3 Å². The Morgan fingerprint density at radius 2 is 1.77 bits per heavy atom. The highest BCUT2D eigenvalue weighted by molar-refractivity contribution is 7.14. The number of anilines is 2. The number of nitrogens with zero attached hydrogens (tertiary/aromatic N) is 1. The van der Waals surface area contributed by atoms with Gasteiger partial charge in [-0.1, -0.05) is 12.1 Å². The summed E-state index contributed by atoms with van der Waals surface area (Å²) in [6.07, 6.45) is 0. The minimum absolute atomic E-state index is 0.0642. The van der Waals surface area contributed by atoms with Crippen LogP contribution in [0.4, 0.5) is 15.2 Å². The number of carbonyl (C=O) groups is 2. The Balaban J connectivity index is 1.66. The average molecular weight is 371 g/mol. The fourth-order valence-electron chi connectivity index (χ4n) is 2.10. The quantitative estimate of drug-likeness (QED) is 0.715. The molecule has 0 aliphatic heterocycles. The lowest BCUT2D eigenvalue weighted by Crippen LogP contribution is -2.15. The normalized spacial score (nSPS) is 10.2. The number of halogens is 1. The predicted octanol–water partition coefficient (Wildman–Crippen LogP) is 3.80. The predicted molar refractivity (Wildman–Crippen MR) is 97.4 cm³/mol. The molecule has 2 aromatic carbocycles. The first kappa shape index (κ1) is 17.6. The molecule has 0 bridgehead atoms. The lowest BCUT2D eigenvalue weighted by atomic mass is 10.2. The summed E-state index contributed by atoms with van der Waals surface area (Å²) in [6.45, 7) is 0. The molecule has 8 heteroatoms. The second-order valence-electron chi connectivity index (χ2n) is 5.15. The van der Waals surface area contributed by atoms with Gasteiger partial charge >= 0.3 is 0 Å². The van der Waals surface area contributed by atoms with E-state index in [1.165, 1.54) is 23.6 Å². The Morgan fingerprint density at radius 1 is 1.04 bits per heavy atom. The van der Waals surface area contributed by atoms with Crippen LogP contribution in [-0.4, -0.2) is 23.9 Å². The average Bonchev–Trinajstić information content (AvgIpc) is 3.12. The lowest BCUT2D eigenvalue weighted by molar-refractivity contribution is 0.101. The molecule has 0 spiro atoms. The maximum Gasteiger partial charge on any atom is 0.275 e. The van der Waals surface area contributed by atoms with Gasteiger partial charge in [-0.15, -0.1) is 11.3 Å². The van der Waals surface area contributed by atoms with Crippen molar-refractivity contribution in [2.45, 2.75) is 0 Å². The van der Waals surface area contributed by atoms with E-state index in [1.54, 1.807) is 37.4 Å². The third kappa shape index (κ3) is 4.04. The van der Waals surface area contributed by atoms with Crippen molar-refractivity contribution in [3.8, 4) is 5.75 Å². The Morgan fingerprint density at radius 3 is 2.46 bits per heavy atom. The van der Waals surface area contributed by atoms with Gasteiger partial charge in [-0.25, -0.2) is 9.37 Å². The Bertz CT molecular complexity index is 941. The molecule has 6 nitrogen and oxygen atoms in total. The third-order valence-electron chi connectivity index (χ3n) is 3.43. The van der Waals surface area contributed by atoms with Crippen molar-refractivity contribution >= 4 is 34.0 Å². The monoisotopic (exact) mass is 371 g/mol. The van der Waals surface area contributed by atoms with E-state index in [9.17, 15) is 14.0 Å². The van der Waals surface area contributed by atoms with Crippen LogP contribution in [0.15, 0.2) is 53.9 Å². The van der Waals surface area contributed by atoms with Gasteiger partial charge in [0, 0.05) is 10.9 Å². The van der Waals surface area contributed by atoms with E-state index >= 15 is 0 Å². The van der Waals surface area contributed by atoms with Gasteiger partial charge in [0.2, 0.25) is 0 Å². The van der Waals surface area contributed by atoms with Gasteiger partial charge in [-0.3, -0.25) is 14.9 Å². The fourth-order valence-corrected chi connectivity index (χ4v) is 2.78. The number of para-hydroxylation sites is 1. The van der Waals surface area contributed by atoms with Crippen LogP contribution in [0, 0.1) is 5.82 Å². The largest absolute Gasteiger partial charge is 0.497 e. The smallest absolute Gasteiger partial charge is 0.275 e. The number of carbonyl (C=O) groups excluding carboxylic acids is 2. The first-order valence-corrected chi connectivity index (χ1v) is 8.41. The molecular formula is C18H14FN3O3S. The molecule has 0 radical (unpaired) electrons. The number of ether oxygens (including phenoxy) is 1. The molecule has 1 aromatic heterocycles. The van der Waals surface area contributed by atoms with Crippen LogP contribution in [-0.2, 0) is 0 Å². The molecule has 1 heterocycles. The zero-order chi connectivity index (χ0) is 18.5. The van der Waals surface area contributed by atoms with Gasteiger partial charge in [0.15, 0.2) is 5.13 Å². The number of methoxy groups -OCH3 is 1. The van der Waals surface area contributed by atoms with Crippen LogP contribution >= 0.6 is 11.3 Å². The Kier molecular flexibility index (Phi) is 5.23. The maximum atomic E-state index is 13.6. The highest BCUT2D eigenvalue weighted by Crippen LogP contribution is 2.19. The van der Waals surface area contributed by atoms with E-state index in [0.717, 1.165) is 11.3 Å². The Labute approximate surface area is 152 Å². The highest BCUT2D eigenvalue weighted by Gasteiger charge is 2.15. The van der Waals surface area contributed by atoms with E-state index in [4.69, 9.17) is 4.74 Å². The molecule has 0 atom stereocenters. The molecule has 2 N–H and O–H groups in total. The molecule has 0 aliphatic carbocycles. The number of benzene rings is 2. The fraction of sp³-hybridized carbons (Fsp3) is 0.0556. The van der Waals surface area contributed by atoms with Gasteiger partial charge in [0.1, 0.15) is 17.3 Å². The van der Waals surface area contributed by atoms with Crippen LogP contribution in [0.5, 0.6) is 5.75 Å². The second-order valence-corrected chi connectivity index (χ2v) is 6.01. The molecule has 0 saturated heterocycles. The van der Waals surface area contributed by atoms with Gasteiger partial charge in [-0.2, -0.15) is 0 Å². The zero-order valence-electron chi connectivity index (χ0n) is 13.7. The summed E-state index contributed by atoms with van der Waals surface area (Å²) in [7, 11) is 1.54. The summed E-state index contributed by atoms with van der Waals surface area (Å²) in [4.78, 5) is 28.4. The second kappa shape index (κ2) is 7.75. The standard InChI is InChI=1S/C18H14FN3O3S/c1-25-12-8-6-11(7-9-12)16(23)22-18-21-15(10-26-18)17(24)20-14-5-3-2-4-13(14)19/h2-10H,1H3,(H,20,24)(H,21,22,23). The Hall–Kier alpha value is -3.26. The van der Waals surface area contributed by atoms with Crippen molar-refractivity contribution in [3.05, 3.63) is 71.0 Å². The molecule has 3 rings (SSSR count). The topological polar surface area (TPSA) is 80.3 Å². The van der Waals surface area contributed by atoms with Gasteiger partial charge in [0.05, 0.1) is 12.8 Å². The van der Waals surface area contributed by atoms with Gasteiger partial charge < -0.3 is 10.1 Å². The molecule has 0 unspecified atom stereocenters. The van der Waals surface area contributed by atoms with Crippen molar-refractivity contribution in [3.63, 3.8) is 0 Å². The molecule has 0 saturated carbocycles. The van der Waals surface area contributed by atoms with Crippen LogP contribution in [0.25, 0.3) is 0 Å². The number of amides is 2. The molecule has 132 valence electrons. The number of hydrogen-bond donors (Lipinski definition) is 2. The summed E-state index contributed by atoms with van der Waals surface area (Å²) >= 11 is 1.10. The first-order valence-electron chi connectivity index (χ1n) is 7.53.